The second-order valence-electron chi connectivity index (χ2n) is 3.62. The lowest BCUT2D eigenvalue weighted by molar-refractivity contribution is -0.126. The van der Waals surface area contributed by atoms with Gasteiger partial charge in [-0.1, -0.05) is 11.6 Å². The molecular formula is C10H11ClF3N3O. The summed E-state index contributed by atoms with van der Waals surface area (Å²) in [6.07, 6.45) is -2.83. The van der Waals surface area contributed by atoms with Gasteiger partial charge >= 0.3 is 6.18 Å². The van der Waals surface area contributed by atoms with E-state index in [1.54, 1.807) is 13.0 Å². The van der Waals surface area contributed by atoms with E-state index in [2.05, 4.69) is 10.3 Å². The quantitative estimate of drug-likeness (QED) is 0.832. The number of carbonyl (C=O) groups is 1. The minimum Gasteiger partial charge on any atom is -0.322 e. The number of anilines is 1. The number of halogens is 4. The molecule has 1 aromatic heterocycles. The number of nitrogens with zero attached hydrogens (tertiary/aromatic N) is 1. The number of hydrogen-bond donors (Lipinski definition) is 2. The predicted molar refractivity (Wildman–Crippen MR) is 61.5 cm³/mol. The molecule has 0 aliphatic rings. The summed E-state index contributed by atoms with van der Waals surface area (Å²) >= 11 is 5.72. The van der Waals surface area contributed by atoms with Gasteiger partial charge in [0, 0.05) is 6.20 Å². The van der Waals surface area contributed by atoms with E-state index in [1.807, 2.05) is 5.32 Å². The monoisotopic (exact) mass is 281 g/mol. The molecule has 0 atom stereocenters. The van der Waals surface area contributed by atoms with Crippen molar-refractivity contribution >= 4 is 23.2 Å². The van der Waals surface area contributed by atoms with E-state index in [4.69, 9.17) is 11.6 Å². The van der Waals surface area contributed by atoms with Crippen molar-refractivity contribution in [2.45, 2.75) is 13.1 Å². The van der Waals surface area contributed by atoms with Gasteiger partial charge in [0.2, 0.25) is 5.91 Å². The molecule has 2 N–H and O–H groups in total. The van der Waals surface area contributed by atoms with Gasteiger partial charge in [-0.3, -0.25) is 4.79 Å². The lowest BCUT2D eigenvalue weighted by atomic mass is 10.3. The number of nitrogens with one attached hydrogen (secondary N) is 2. The third kappa shape index (κ3) is 5.33. The van der Waals surface area contributed by atoms with Crippen LogP contribution in [-0.4, -0.2) is 30.2 Å². The molecule has 0 unspecified atom stereocenters. The highest BCUT2D eigenvalue weighted by Gasteiger charge is 2.26. The molecule has 1 rings (SSSR count). The smallest absolute Gasteiger partial charge is 0.322 e. The summed E-state index contributed by atoms with van der Waals surface area (Å²) in [5, 5.41) is 4.44. The number of aromatic nitrogens is 1. The fraction of sp³-hybridized carbons (Fsp3) is 0.400. The van der Waals surface area contributed by atoms with Crippen LogP contribution in [0, 0.1) is 6.92 Å². The maximum Gasteiger partial charge on any atom is 0.401 e. The lowest BCUT2D eigenvalue weighted by Gasteiger charge is -2.09. The van der Waals surface area contributed by atoms with Gasteiger partial charge in [0.1, 0.15) is 0 Å². The van der Waals surface area contributed by atoms with Crippen LogP contribution in [0.25, 0.3) is 0 Å². The minimum atomic E-state index is -4.34. The number of carbonyl (C=O) groups excluding carboxylic acids is 1. The van der Waals surface area contributed by atoms with E-state index in [0.29, 0.717) is 0 Å². The maximum atomic E-state index is 11.8. The average molecular weight is 282 g/mol. The molecule has 0 spiro atoms. The molecule has 18 heavy (non-hydrogen) atoms. The summed E-state index contributed by atoms with van der Waals surface area (Å²) in [6.45, 7) is 0.0743. The normalized spacial score (nSPS) is 11.4. The Hall–Kier alpha value is -1.34. The van der Waals surface area contributed by atoms with Gasteiger partial charge in [-0.15, -0.1) is 0 Å². The zero-order chi connectivity index (χ0) is 13.8. The Labute approximate surface area is 107 Å². The Morgan fingerprint density at radius 3 is 2.78 bits per heavy atom. The molecule has 0 saturated carbocycles. The molecule has 0 saturated heterocycles. The van der Waals surface area contributed by atoms with Crippen molar-refractivity contribution in [3.8, 4) is 0 Å². The zero-order valence-corrected chi connectivity index (χ0v) is 10.2. The van der Waals surface area contributed by atoms with Crippen LogP contribution in [-0.2, 0) is 4.79 Å². The van der Waals surface area contributed by atoms with Gasteiger partial charge in [0.15, 0.2) is 5.15 Å². The zero-order valence-electron chi connectivity index (χ0n) is 9.44. The fourth-order valence-corrected chi connectivity index (χ4v) is 1.30. The van der Waals surface area contributed by atoms with Crippen molar-refractivity contribution < 1.29 is 18.0 Å². The van der Waals surface area contributed by atoms with Crippen molar-refractivity contribution in [1.82, 2.24) is 10.3 Å². The highest BCUT2D eigenvalue weighted by molar-refractivity contribution is 6.32. The van der Waals surface area contributed by atoms with Gasteiger partial charge in [0.05, 0.1) is 18.8 Å². The van der Waals surface area contributed by atoms with E-state index in [0.717, 1.165) is 5.56 Å². The van der Waals surface area contributed by atoms with Crippen molar-refractivity contribution in [3.63, 3.8) is 0 Å². The number of aryl methyl sites for hydroxylation is 1. The number of hydrogen-bond acceptors (Lipinski definition) is 3. The molecular weight excluding hydrogens is 271 g/mol. The predicted octanol–water partition coefficient (Wildman–Crippen LogP) is 2.13. The number of alkyl halides is 3. The second-order valence-corrected chi connectivity index (χ2v) is 3.98. The summed E-state index contributed by atoms with van der Waals surface area (Å²) in [7, 11) is 0. The summed E-state index contributed by atoms with van der Waals surface area (Å²) in [5.41, 5.74) is 1.05. The molecule has 0 aliphatic carbocycles. The summed E-state index contributed by atoms with van der Waals surface area (Å²) in [5.74, 6) is -0.617. The topological polar surface area (TPSA) is 54.0 Å². The molecule has 8 heteroatoms. The first-order valence-corrected chi connectivity index (χ1v) is 5.35. The Bertz CT molecular complexity index is 437. The van der Waals surface area contributed by atoms with E-state index < -0.39 is 25.2 Å². The first-order chi connectivity index (χ1) is 8.28. The number of rotatable bonds is 4. The third-order valence-corrected chi connectivity index (χ3v) is 2.16. The summed E-state index contributed by atoms with van der Waals surface area (Å²) in [6, 6.07) is 1.58. The molecule has 0 aliphatic heterocycles. The van der Waals surface area contributed by atoms with E-state index in [9.17, 15) is 18.0 Å². The molecule has 0 fully saturated rings. The highest BCUT2D eigenvalue weighted by atomic mass is 35.5. The van der Waals surface area contributed by atoms with Crippen LogP contribution in [0.2, 0.25) is 5.15 Å². The van der Waals surface area contributed by atoms with Crippen LogP contribution in [0.1, 0.15) is 5.56 Å². The molecule has 100 valence electrons. The molecule has 1 aromatic rings. The van der Waals surface area contributed by atoms with E-state index in [-0.39, 0.29) is 10.8 Å². The van der Waals surface area contributed by atoms with Crippen molar-refractivity contribution in [2.75, 3.05) is 18.4 Å². The van der Waals surface area contributed by atoms with Gasteiger partial charge < -0.3 is 10.6 Å². The first kappa shape index (κ1) is 14.7. The van der Waals surface area contributed by atoms with Crippen molar-refractivity contribution in [2.24, 2.45) is 0 Å². The Morgan fingerprint density at radius 1 is 1.50 bits per heavy atom. The SMILES string of the molecule is Cc1cnc(Cl)c(NC(=O)CNCC(F)(F)F)c1. The Morgan fingerprint density at radius 2 is 2.17 bits per heavy atom. The van der Waals surface area contributed by atoms with E-state index in [1.165, 1.54) is 6.20 Å². The van der Waals surface area contributed by atoms with Crippen LogP contribution in [0.5, 0.6) is 0 Å². The summed E-state index contributed by atoms with van der Waals surface area (Å²) < 4.78 is 35.5. The molecule has 0 radical (unpaired) electrons. The van der Waals surface area contributed by atoms with Crippen molar-refractivity contribution in [1.29, 1.82) is 0 Å². The van der Waals surface area contributed by atoms with Crippen LogP contribution in [0.3, 0.4) is 0 Å². The van der Waals surface area contributed by atoms with Crippen LogP contribution in [0.15, 0.2) is 12.3 Å². The fourth-order valence-electron chi connectivity index (χ4n) is 1.15. The van der Waals surface area contributed by atoms with Crippen molar-refractivity contribution in [3.05, 3.63) is 23.0 Å². The average Bonchev–Trinajstić information content (AvgIpc) is 2.21. The first-order valence-electron chi connectivity index (χ1n) is 4.97. The second kappa shape index (κ2) is 6.01. The Balaban J connectivity index is 2.47. The number of pyridine rings is 1. The largest absolute Gasteiger partial charge is 0.401 e. The highest BCUT2D eigenvalue weighted by Crippen LogP contribution is 2.19. The molecule has 1 amide bonds. The lowest BCUT2D eigenvalue weighted by Crippen LogP contribution is -2.35. The summed E-state index contributed by atoms with van der Waals surface area (Å²) in [4.78, 5) is 15.1. The third-order valence-electron chi connectivity index (χ3n) is 1.86. The van der Waals surface area contributed by atoms with Crippen LogP contribution >= 0.6 is 11.6 Å². The standard InChI is InChI=1S/C10H11ClF3N3O/c1-6-2-7(9(11)16-3-6)17-8(18)4-15-5-10(12,13)14/h2-3,15H,4-5H2,1H3,(H,17,18). The molecule has 4 nitrogen and oxygen atoms in total. The molecule has 0 aromatic carbocycles. The van der Waals surface area contributed by atoms with Gasteiger partial charge in [-0.05, 0) is 18.6 Å². The van der Waals surface area contributed by atoms with Gasteiger partial charge in [0.25, 0.3) is 0 Å². The number of amides is 1. The molecule has 1 heterocycles. The van der Waals surface area contributed by atoms with Gasteiger partial charge in [-0.2, -0.15) is 13.2 Å². The van der Waals surface area contributed by atoms with E-state index >= 15 is 0 Å². The Kier molecular flexibility index (Phi) is 4.92. The van der Waals surface area contributed by atoms with Gasteiger partial charge in [-0.25, -0.2) is 4.98 Å². The maximum absolute atomic E-state index is 11.8. The van der Waals surface area contributed by atoms with Crippen LogP contribution in [0.4, 0.5) is 18.9 Å². The minimum absolute atomic E-state index is 0.0878. The molecule has 0 bridgehead atoms. The van der Waals surface area contributed by atoms with Crippen LogP contribution < -0.4 is 10.6 Å².